The van der Waals surface area contributed by atoms with Gasteiger partial charge in [0.1, 0.15) is 11.4 Å². The lowest BCUT2D eigenvalue weighted by Gasteiger charge is -2.09. The number of pyridine rings is 1. The highest BCUT2D eigenvalue weighted by Gasteiger charge is 2.32. The largest absolute Gasteiger partial charge is 0.433 e. The number of amides is 1. The quantitative estimate of drug-likeness (QED) is 0.630. The molecule has 5 nitrogen and oxygen atoms in total. The summed E-state index contributed by atoms with van der Waals surface area (Å²) in [6, 6.07) is 11.7. The molecule has 29 heavy (non-hydrogen) atoms. The third kappa shape index (κ3) is 5.22. The number of nitrogens with one attached hydrogen (secondary N) is 1. The van der Waals surface area contributed by atoms with E-state index in [-0.39, 0.29) is 5.91 Å². The molecule has 0 fully saturated rings. The van der Waals surface area contributed by atoms with Gasteiger partial charge in [-0.05, 0) is 43.0 Å². The molecule has 8 heteroatoms. The minimum atomic E-state index is -4.45. The van der Waals surface area contributed by atoms with Crippen molar-refractivity contribution < 1.29 is 18.0 Å². The summed E-state index contributed by atoms with van der Waals surface area (Å²) in [4.78, 5) is 15.7. The van der Waals surface area contributed by atoms with Gasteiger partial charge in [0, 0.05) is 25.4 Å². The Morgan fingerprint density at radius 3 is 2.55 bits per heavy atom. The lowest BCUT2D eigenvalue weighted by atomic mass is 10.0. The lowest BCUT2D eigenvalue weighted by molar-refractivity contribution is -0.141. The summed E-state index contributed by atoms with van der Waals surface area (Å²) in [6.07, 6.45) is -1.75. The molecule has 1 N–H and O–H groups in total. The molecular weight excluding hydrogens is 381 g/mol. The van der Waals surface area contributed by atoms with Crippen molar-refractivity contribution in [3.63, 3.8) is 0 Å². The van der Waals surface area contributed by atoms with Crippen molar-refractivity contribution in [3.05, 3.63) is 71.3 Å². The Balaban J connectivity index is 1.56. The second-order valence-corrected chi connectivity index (χ2v) is 6.78. The number of hydrogen-bond donors (Lipinski definition) is 1. The fraction of sp³-hybridized carbons (Fsp3) is 0.286. The standard InChI is InChI=1S/C21H21F3N4O/c1-14-11-18(28(2)27-14)20(29)25-10-4-6-15-5-3-7-16(12-15)17-8-9-19(26-13-17)21(22,23)24/h3,5,7-9,11-13H,4,6,10H2,1-2H3,(H,25,29). The molecule has 1 amide bonds. The molecule has 0 bridgehead atoms. The minimum Gasteiger partial charge on any atom is -0.351 e. The summed E-state index contributed by atoms with van der Waals surface area (Å²) in [5.74, 6) is -0.169. The van der Waals surface area contributed by atoms with E-state index in [1.165, 1.54) is 12.3 Å². The molecule has 0 aliphatic rings. The first-order chi connectivity index (χ1) is 13.7. The predicted octanol–water partition coefficient (Wildman–Crippen LogP) is 4.17. The van der Waals surface area contributed by atoms with E-state index in [9.17, 15) is 18.0 Å². The van der Waals surface area contributed by atoms with Crippen LogP contribution in [0.4, 0.5) is 13.2 Å². The van der Waals surface area contributed by atoms with E-state index in [0.717, 1.165) is 35.7 Å². The molecule has 0 spiro atoms. The first-order valence-corrected chi connectivity index (χ1v) is 9.15. The molecule has 1 aromatic carbocycles. The van der Waals surface area contributed by atoms with Crippen LogP contribution in [0.2, 0.25) is 0 Å². The predicted molar refractivity (Wildman–Crippen MR) is 103 cm³/mol. The molecule has 0 aliphatic carbocycles. The highest BCUT2D eigenvalue weighted by atomic mass is 19.4. The zero-order chi connectivity index (χ0) is 21.0. The first-order valence-electron chi connectivity index (χ1n) is 9.15. The summed E-state index contributed by atoms with van der Waals surface area (Å²) in [7, 11) is 1.73. The molecule has 0 saturated carbocycles. The maximum absolute atomic E-state index is 12.7. The molecule has 0 radical (unpaired) electrons. The van der Waals surface area contributed by atoms with Crippen molar-refractivity contribution in [2.24, 2.45) is 7.05 Å². The molecule has 2 aromatic heterocycles. The molecule has 3 aromatic rings. The van der Waals surface area contributed by atoms with E-state index >= 15 is 0 Å². The van der Waals surface area contributed by atoms with Crippen LogP contribution < -0.4 is 5.32 Å². The van der Waals surface area contributed by atoms with Crippen LogP contribution in [-0.4, -0.2) is 27.2 Å². The van der Waals surface area contributed by atoms with Crippen LogP contribution in [0.25, 0.3) is 11.1 Å². The molecule has 0 saturated heterocycles. The highest BCUT2D eigenvalue weighted by Crippen LogP contribution is 2.29. The second-order valence-electron chi connectivity index (χ2n) is 6.78. The molecule has 0 atom stereocenters. The average Bonchev–Trinajstić information content (AvgIpc) is 3.03. The Hall–Kier alpha value is -3.16. The van der Waals surface area contributed by atoms with Gasteiger partial charge in [-0.25, -0.2) is 0 Å². The Labute approximate surface area is 166 Å². The summed E-state index contributed by atoms with van der Waals surface area (Å²) in [6.45, 7) is 2.34. The van der Waals surface area contributed by atoms with Gasteiger partial charge in [0.25, 0.3) is 5.91 Å². The zero-order valence-electron chi connectivity index (χ0n) is 16.1. The van der Waals surface area contributed by atoms with Gasteiger partial charge in [-0.15, -0.1) is 0 Å². The maximum atomic E-state index is 12.7. The number of aromatic nitrogens is 3. The van der Waals surface area contributed by atoms with Crippen LogP contribution in [-0.2, 0) is 19.6 Å². The van der Waals surface area contributed by atoms with Gasteiger partial charge in [-0.2, -0.15) is 18.3 Å². The smallest absolute Gasteiger partial charge is 0.351 e. The Morgan fingerprint density at radius 1 is 1.14 bits per heavy atom. The van der Waals surface area contributed by atoms with Gasteiger partial charge in [0.15, 0.2) is 0 Å². The van der Waals surface area contributed by atoms with Gasteiger partial charge in [-0.3, -0.25) is 14.5 Å². The zero-order valence-corrected chi connectivity index (χ0v) is 16.1. The number of benzene rings is 1. The van der Waals surface area contributed by atoms with Crippen LogP contribution in [0.15, 0.2) is 48.7 Å². The van der Waals surface area contributed by atoms with Crippen LogP contribution in [0.3, 0.4) is 0 Å². The molecule has 0 unspecified atom stereocenters. The van der Waals surface area contributed by atoms with Crippen molar-refractivity contribution in [3.8, 4) is 11.1 Å². The summed E-state index contributed by atoms with van der Waals surface area (Å²) in [5, 5.41) is 7.03. The lowest BCUT2D eigenvalue weighted by Crippen LogP contribution is -2.26. The first kappa shape index (κ1) is 20.6. The normalized spacial score (nSPS) is 11.5. The Bertz CT molecular complexity index is 994. The molecule has 0 aliphatic heterocycles. The van der Waals surface area contributed by atoms with E-state index in [1.807, 2.05) is 31.2 Å². The van der Waals surface area contributed by atoms with Crippen LogP contribution >= 0.6 is 0 Å². The van der Waals surface area contributed by atoms with Gasteiger partial charge in [0.2, 0.25) is 0 Å². The third-order valence-electron chi connectivity index (χ3n) is 4.48. The summed E-state index contributed by atoms with van der Waals surface area (Å²) in [5.41, 5.74) is 2.86. The Morgan fingerprint density at radius 2 is 1.93 bits per heavy atom. The number of alkyl halides is 3. The van der Waals surface area contributed by atoms with Gasteiger partial charge >= 0.3 is 6.18 Å². The monoisotopic (exact) mass is 402 g/mol. The fourth-order valence-electron chi connectivity index (χ4n) is 3.05. The maximum Gasteiger partial charge on any atom is 0.433 e. The van der Waals surface area contributed by atoms with Gasteiger partial charge < -0.3 is 5.32 Å². The van der Waals surface area contributed by atoms with Gasteiger partial charge in [-0.1, -0.05) is 30.3 Å². The van der Waals surface area contributed by atoms with E-state index in [0.29, 0.717) is 17.8 Å². The van der Waals surface area contributed by atoms with E-state index in [4.69, 9.17) is 0 Å². The number of aryl methyl sites for hydroxylation is 3. The second kappa shape index (κ2) is 8.46. The Kier molecular flexibility index (Phi) is 6.00. The van der Waals surface area contributed by atoms with Crippen molar-refractivity contribution in [2.75, 3.05) is 6.54 Å². The van der Waals surface area contributed by atoms with Gasteiger partial charge in [0.05, 0.1) is 5.69 Å². The average molecular weight is 402 g/mol. The number of hydrogen-bond acceptors (Lipinski definition) is 3. The van der Waals surface area contributed by atoms with Crippen LogP contribution in [0.5, 0.6) is 0 Å². The molecule has 2 heterocycles. The molecule has 3 rings (SSSR count). The van der Waals surface area contributed by atoms with Crippen LogP contribution in [0.1, 0.15) is 33.9 Å². The highest BCUT2D eigenvalue weighted by molar-refractivity contribution is 5.92. The SMILES string of the molecule is Cc1cc(C(=O)NCCCc2cccc(-c3ccc(C(F)(F)F)nc3)c2)n(C)n1. The van der Waals surface area contributed by atoms with E-state index in [2.05, 4.69) is 15.4 Å². The number of carbonyl (C=O) groups is 1. The van der Waals surface area contributed by atoms with Crippen molar-refractivity contribution in [1.29, 1.82) is 0 Å². The number of halogens is 3. The van der Waals surface area contributed by atoms with Crippen molar-refractivity contribution in [2.45, 2.75) is 25.9 Å². The summed E-state index contributed by atoms with van der Waals surface area (Å²) >= 11 is 0. The molecule has 152 valence electrons. The third-order valence-corrected chi connectivity index (χ3v) is 4.48. The van der Waals surface area contributed by atoms with Crippen LogP contribution in [0, 0.1) is 6.92 Å². The van der Waals surface area contributed by atoms with E-state index in [1.54, 1.807) is 17.8 Å². The summed E-state index contributed by atoms with van der Waals surface area (Å²) < 4.78 is 39.5. The van der Waals surface area contributed by atoms with E-state index < -0.39 is 11.9 Å². The number of rotatable bonds is 6. The van der Waals surface area contributed by atoms with Crippen molar-refractivity contribution >= 4 is 5.91 Å². The molecular formula is C21H21F3N4O. The minimum absolute atomic E-state index is 0.169. The number of carbonyl (C=O) groups excluding carboxylic acids is 1. The fourth-order valence-corrected chi connectivity index (χ4v) is 3.05. The van der Waals surface area contributed by atoms with Crippen molar-refractivity contribution in [1.82, 2.24) is 20.1 Å². The number of nitrogens with zero attached hydrogens (tertiary/aromatic N) is 3. The topological polar surface area (TPSA) is 59.8 Å².